The third-order valence-electron chi connectivity index (χ3n) is 4.39. The van der Waals surface area contributed by atoms with Gasteiger partial charge in [0, 0.05) is 17.3 Å². The fraction of sp³-hybridized carbons (Fsp3) is 0.217. The predicted molar refractivity (Wildman–Crippen MR) is 112 cm³/mol. The van der Waals surface area contributed by atoms with Crippen molar-refractivity contribution in [1.29, 1.82) is 0 Å². The molecule has 0 atom stereocenters. The van der Waals surface area contributed by atoms with E-state index in [1.54, 1.807) is 7.11 Å². The van der Waals surface area contributed by atoms with E-state index in [4.69, 9.17) is 21.1 Å². The van der Waals surface area contributed by atoms with E-state index < -0.39 is 0 Å². The fourth-order valence-electron chi connectivity index (χ4n) is 2.85. The molecule has 0 heterocycles. The van der Waals surface area contributed by atoms with E-state index in [1.165, 1.54) is 11.1 Å². The monoisotopic (exact) mass is 381 g/mol. The van der Waals surface area contributed by atoms with E-state index in [2.05, 4.69) is 37.4 Å². The van der Waals surface area contributed by atoms with Crippen molar-refractivity contribution in [1.82, 2.24) is 0 Å². The van der Waals surface area contributed by atoms with Gasteiger partial charge in [-0.05, 0) is 66.4 Å². The number of ether oxygens (including phenoxy) is 2. The number of aryl methyl sites for hydroxylation is 2. The Balaban J connectivity index is 1.67. The Morgan fingerprint density at radius 2 is 1.74 bits per heavy atom. The molecule has 3 rings (SSSR count). The summed E-state index contributed by atoms with van der Waals surface area (Å²) >= 11 is 6.02. The average Bonchev–Trinajstić information content (AvgIpc) is 2.67. The highest BCUT2D eigenvalue weighted by atomic mass is 35.5. The second-order valence-electron chi connectivity index (χ2n) is 6.58. The van der Waals surface area contributed by atoms with Gasteiger partial charge in [-0.3, -0.25) is 0 Å². The Morgan fingerprint density at radius 3 is 2.52 bits per heavy atom. The van der Waals surface area contributed by atoms with Gasteiger partial charge in [0.15, 0.2) is 11.5 Å². The maximum absolute atomic E-state index is 6.02. The van der Waals surface area contributed by atoms with Gasteiger partial charge in [-0.1, -0.05) is 41.9 Å². The third-order valence-corrected chi connectivity index (χ3v) is 4.62. The van der Waals surface area contributed by atoms with E-state index in [-0.39, 0.29) is 0 Å². The lowest BCUT2D eigenvalue weighted by Gasteiger charge is -2.14. The van der Waals surface area contributed by atoms with Crippen LogP contribution in [0.5, 0.6) is 11.5 Å². The van der Waals surface area contributed by atoms with Crippen molar-refractivity contribution in [2.75, 3.05) is 12.4 Å². The molecule has 27 heavy (non-hydrogen) atoms. The summed E-state index contributed by atoms with van der Waals surface area (Å²) in [7, 11) is 1.66. The molecule has 3 aromatic carbocycles. The van der Waals surface area contributed by atoms with Crippen LogP contribution in [0.1, 0.15) is 22.3 Å². The highest BCUT2D eigenvalue weighted by Crippen LogP contribution is 2.29. The molecule has 0 unspecified atom stereocenters. The number of methoxy groups -OCH3 is 1. The molecule has 0 aliphatic carbocycles. The van der Waals surface area contributed by atoms with Crippen LogP contribution in [0.2, 0.25) is 5.02 Å². The molecule has 1 N–H and O–H groups in total. The van der Waals surface area contributed by atoms with Gasteiger partial charge in [0.2, 0.25) is 0 Å². The van der Waals surface area contributed by atoms with Gasteiger partial charge in [-0.15, -0.1) is 0 Å². The number of anilines is 1. The number of hydrogen-bond acceptors (Lipinski definition) is 3. The first-order valence-electron chi connectivity index (χ1n) is 8.90. The molecule has 0 aliphatic heterocycles. The van der Waals surface area contributed by atoms with Gasteiger partial charge in [-0.2, -0.15) is 0 Å². The van der Waals surface area contributed by atoms with Gasteiger partial charge in [-0.25, -0.2) is 0 Å². The molecule has 0 bridgehead atoms. The lowest BCUT2D eigenvalue weighted by atomic mass is 10.1. The molecule has 0 radical (unpaired) electrons. The van der Waals surface area contributed by atoms with Crippen molar-refractivity contribution in [3.05, 3.63) is 87.9 Å². The topological polar surface area (TPSA) is 30.5 Å². The largest absolute Gasteiger partial charge is 0.493 e. The quantitative estimate of drug-likeness (QED) is 0.531. The Morgan fingerprint density at radius 1 is 0.889 bits per heavy atom. The summed E-state index contributed by atoms with van der Waals surface area (Å²) in [4.78, 5) is 0. The smallest absolute Gasteiger partial charge is 0.161 e. The minimum atomic E-state index is 0.441. The van der Waals surface area contributed by atoms with E-state index in [1.807, 2.05) is 42.5 Å². The summed E-state index contributed by atoms with van der Waals surface area (Å²) in [6, 6.07) is 20.1. The van der Waals surface area contributed by atoms with Crippen molar-refractivity contribution in [3.63, 3.8) is 0 Å². The standard InChI is InChI=1S/C23H24ClNO2/c1-16-7-8-17(2)21(11-16)25-14-18-9-10-22(23(13-18)26-3)27-15-19-5-4-6-20(24)12-19/h4-13,25H,14-15H2,1-3H3. The lowest BCUT2D eigenvalue weighted by molar-refractivity contribution is 0.284. The number of nitrogens with one attached hydrogen (secondary N) is 1. The molecular formula is C23H24ClNO2. The van der Waals surface area contributed by atoms with Gasteiger partial charge >= 0.3 is 0 Å². The van der Waals surface area contributed by atoms with E-state index in [0.717, 1.165) is 29.1 Å². The van der Waals surface area contributed by atoms with Crippen LogP contribution in [-0.4, -0.2) is 7.11 Å². The third kappa shape index (κ3) is 5.18. The second kappa shape index (κ2) is 8.83. The van der Waals surface area contributed by atoms with Crippen LogP contribution in [0, 0.1) is 13.8 Å². The summed E-state index contributed by atoms with van der Waals surface area (Å²) in [5, 5.41) is 4.20. The molecule has 0 saturated carbocycles. The molecule has 0 aliphatic rings. The average molecular weight is 382 g/mol. The maximum atomic E-state index is 6.02. The Bertz CT molecular complexity index is 924. The summed E-state index contributed by atoms with van der Waals surface area (Å²) < 4.78 is 11.4. The predicted octanol–water partition coefficient (Wildman–Crippen LogP) is 6.16. The molecule has 0 spiro atoms. The zero-order valence-corrected chi connectivity index (χ0v) is 16.6. The molecule has 0 fully saturated rings. The maximum Gasteiger partial charge on any atom is 0.161 e. The second-order valence-corrected chi connectivity index (χ2v) is 7.01. The number of benzene rings is 3. The number of rotatable bonds is 7. The van der Waals surface area contributed by atoms with E-state index in [9.17, 15) is 0 Å². The number of halogens is 1. The zero-order chi connectivity index (χ0) is 19.2. The zero-order valence-electron chi connectivity index (χ0n) is 15.9. The summed E-state index contributed by atoms with van der Waals surface area (Å²) in [6.45, 7) is 5.36. The molecular weight excluding hydrogens is 358 g/mol. The fourth-order valence-corrected chi connectivity index (χ4v) is 3.07. The van der Waals surface area contributed by atoms with Crippen LogP contribution in [0.4, 0.5) is 5.69 Å². The Hall–Kier alpha value is -2.65. The highest BCUT2D eigenvalue weighted by Gasteiger charge is 2.07. The van der Waals surface area contributed by atoms with Gasteiger partial charge in [0.25, 0.3) is 0 Å². The molecule has 140 valence electrons. The van der Waals surface area contributed by atoms with Crippen LogP contribution in [-0.2, 0) is 13.2 Å². The molecule has 3 aromatic rings. The van der Waals surface area contributed by atoms with Crippen molar-refractivity contribution >= 4 is 17.3 Å². The Kier molecular flexibility index (Phi) is 6.25. The van der Waals surface area contributed by atoms with Crippen LogP contribution in [0.15, 0.2) is 60.7 Å². The summed E-state index contributed by atoms with van der Waals surface area (Å²) in [5.41, 5.74) is 5.77. The molecule has 4 heteroatoms. The van der Waals surface area contributed by atoms with Gasteiger partial charge < -0.3 is 14.8 Å². The van der Waals surface area contributed by atoms with Crippen LogP contribution in [0.3, 0.4) is 0 Å². The molecule has 3 nitrogen and oxygen atoms in total. The first kappa shape index (κ1) is 19.1. The number of hydrogen-bond donors (Lipinski definition) is 1. The first-order chi connectivity index (χ1) is 13.0. The van der Waals surface area contributed by atoms with Gasteiger partial charge in [0.1, 0.15) is 6.61 Å². The van der Waals surface area contributed by atoms with Crippen molar-refractivity contribution < 1.29 is 9.47 Å². The molecule has 0 saturated heterocycles. The van der Waals surface area contributed by atoms with Crippen molar-refractivity contribution in [2.45, 2.75) is 27.0 Å². The van der Waals surface area contributed by atoms with E-state index in [0.29, 0.717) is 17.4 Å². The normalized spacial score (nSPS) is 10.5. The van der Waals surface area contributed by atoms with Crippen molar-refractivity contribution in [2.24, 2.45) is 0 Å². The minimum Gasteiger partial charge on any atom is -0.493 e. The van der Waals surface area contributed by atoms with Crippen molar-refractivity contribution in [3.8, 4) is 11.5 Å². The minimum absolute atomic E-state index is 0.441. The first-order valence-corrected chi connectivity index (χ1v) is 9.28. The highest BCUT2D eigenvalue weighted by molar-refractivity contribution is 6.30. The van der Waals surface area contributed by atoms with Crippen LogP contribution in [0.25, 0.3) is 0 Å². The SMILES string of the molecule is COc1cc(CNc2cc(C)ccc2C)ccc1OCc1cccc(Cl)c1. The van der Waals surface area contributed by atoms with Crippen LogP contribution >= 0.6 is 11.6 Å². The summed E-state index contributed by atoms with van der Waals surface area (Å²) in [6.07, 6.45) is 0. The van der Waals surface area contributed by atoms with Crippen LogP contribution < -0.4 is 14.8 Å². The van der Waals surface area contributed by atoms with Gasteiger partial charge in [0.05, 0.1) is 7.11 Å². The molecule has 0 aromatic heterocycles. The Labute approximate surface area is 165 Å². The summed E-state index contributed by atoms with van der Waals surface area (Å²) in [5.74, 6) is 1.44. The lowest BCUT2D eigenvalue weighted by Crippen LogP contribution is -2.03. The van der Waals surface area contributed by atoms with E-state index >= 15 is 0 Å². The molecule has 0 amide bonds.